The van der Waals surface area contributed by atoms with Gasteiger partial charge in [0.05, 0.1) is 32.3 Å². The monoisotopic (exact) mass is 311 g/mol. The van der Waals surface area contributed by atoms with Gasteiger partial charge in [0.25, 0.3) is 5.91 Å². The second kappa shape index (κ2) is 6.67. The molecule has 0 radical (unpaired) electrons. The lowest BCUT2D eigenvalue weighted by Gasteiger charge is -2.35. The molecule has 1 N–H and O–H groups in total. The highest BCUT2D eigenvalue weighted by Gasteiger charge is 2.32. The average molecular weight is 312 g/mol. The van der Waals surface area contributed by atoms with E-state index >= 15 is 0 Å². The van der Waals surface area contributed by atoms with Crippen LogP contribution >= 0.6 is 11.6 Å². The quantitative estimate of drug-likeness (QED) is 0.847. The molecule has 1 aliphatic carbocycles. The van der Waals surface area contributed by atoms with Crippen LogP contribution in [0.25, 0.3) is 0 Å². The number of nitrogens with zero attached hydrogens (tertiary/aromatic N) is 1. The van der Waals surface area contributed by atoms with Gasteiger partial charge in [0.1, 0.15) is 5.75 Å². The molecule has 5 heteroatoms. The Labute approximate surface area is 131 Å². The highest BCUT2D eigenvalue weighted by Crippen LogP contribution is 2.28. The van der Waals surface area contributed by atoms with E-state index in [1.54, 1.807) is 25.3 Å². The van der Waals surface area contributed by atoms with Gasteiger partial charge in [-0.1, -0.05) is 11.6 Å². The third-order valence-corrected chi connectivity index (χ3v) is 4.60. The van der Waals surface area contributed by atoms with E-state index in [2.05, 4.69) is 19.4 Å². The Hall–Kier alpha value is -1.26. The standard InChI is InChI=1S/C16H23ClN2O2/c1-19(2,13-6-4-5-7-13)11-16(20)18-12-8-9-15(21-3)14(17)10-12/h8-10,13H,4-7,11H2,1-3H3/p+1. The number of amides is 1. The molecule has 0 unspecified atom stereocenters. The number of hydrogen-bond donors (Lipinski definition) is 1. The van der Waals surface area contributed by atoms with Gasteiger partial charge in [0.15, 0.2) is 6.54 Å². The van der Waals surface area contributed by atoms with E-state index in [0.29, 0.717) is 29.0 Å². The van der Waals surface area contributed by atoms with Crippen molar-refractivity contribution in [1.29, 1.82) is 0 Å². The molecule has 1 amide bonds. The SMILES string of the molecule is COc1ccc(NC(=O)C[N+](C)(C)C2CCCC2)cc1Cl. The summed E-state index contributed by atoms with van der Waals surface area (Å²) in [4.78, 5) is 12.2. The zero-order chi connectivity index (χ0) is 15.5. The van der Waals surface area contributed by atoms with Crippen molar-refractivity contribution in [3.8, 4) is 5.75 Å². The summed E-state index contributed by atoms with van der Waals surface area (Å²) < 4.78 is 5.85. The van der Waals surface area contributed by atoms with Gasteiger partial charge in [0, 0.05) is 5.69 Å². The molecule has 1 fully saturated rings. The Morgan fingerprint density at radius 1 is 1.38 bits per heavy atom. The first kappa shape index (κ1) is 16.1. The van der Waals surface area contributed by atoms with Crippen molar-refractivity contribution in [2.45, 2.75) is 31.7 Å². The number of carbonyl (C=O) groups excluding carboxylic acids is 1. The molecule has 0 aliphatic heterocycles. The largest absolute Gasteiger partial charge is 0.495 e. The van der Waals surface area contributed by atoms with Crippen LogP contribution in [-0.2, 0) is 4.79 Å². The third kappa shape index (κ3) is 4.11. The van der Waals surface area contributed by atoms with Crippen LogP contribution in [0, 0.1) is 0 Å². The van der Waals surface area contributed by atoms with E-state index in [0.717, 1.165) is 4.48 Å². The molecular weight excluding hydrogens is 288 g/mol. The normalized spacial score (nSPS) is 16.0. The van der Waals surface area contributed by atoms with Crippen LogP contribution in [0.1, 0.15) is 25.7 Å². The number of ether oxygens (including phenoxy) is 1. The minimum atomic E-state index is 0.0214. The Morgan fingerprint density at radius 3 is 2.62 bits per heavy atom. The lowest BCUT2D eigenvalue weighted by molar-refractivity contribution is -0.906. The molecule has 4 nitrogen and oxygen atoms in total. The van der Waals surface area contributed by atoms with E-state index in [1.165, 1.54) is 25.7 Å². The predicted molar refractivity (Wildman–Crippen MR) is 85.9 cm³/mol. The van der Waals surface area contributed by atoms with E-state index in [4.69, 9.17) is 16.3 Å². The zero-order valence-electron chi connectivity index (χ0n) is 13.0. The molecule has 0 spiro atoms. The molecule has 0 heterocycles. The summed E-state index contributed by atoms with van der Waals surface area (Å²) in [7, 11) is 5.84. The van der Waals surface area contributed by atoms with Crippen LogP contribution in [0.15, 0.2) is 18.2 Å². The maximum Gasteiger partial charge on any atom is 0.279 e. The number of benzene rings is 1. The predicted octanol–water partition coefficient (Wildman–Crippen LogP) is 3.31. The van der Waals surface area contributed by atoms with E-state index in [1.807, 2.05) is 0 Å². The summed E-state index contributed by atoms with van der Waals surface area (Å²) in [6.07, 6.45) is 4.99. The number of quaternary nitrogens is 1. The fraction of sp³-hybridized carbons (Fsp3) is 0.562. The van der Waals surface area contributed by atoms with E-state index in [9.17, 15) is 4.79 Å². The van der Waals surface area contributed by atoms with Crippen molar-refractivity contribution < 1.29 is 14.0 Å². The van der Waals surface area contributed by atoms with Crippen molar-refractivity contribution in [2.24, 2.45) is 0 Å². The molecule has 1 aromatic carbocycles. The fourth-order valence-corrected chi connectivity index (χ4v) is 3.30. The van der Waals surface area contributed by atoms with Crippen molar-refractivity contribution >= 4 is 23.2 Å². The van der Waals surface area contributed by atoms with E-state index in [-0.39, 0.29) is 5.91 Å². The number of hydrogen-bond acceptors (Lipinski definition) is 2. The molecule has 0 atom stereocenters. The molecule has 21 heavy (non-hydrogen) atoms. The molecule has 0 aromatic heterocycles. The summed E-state index contributed by atoms with van der Waals surface area (Å²) in [5.41, 5.74) is 0.706. The van der Waals surface area contributed by atoms with E-state index < -0.39 is 0 Å². The number of rotatable bonds is 5. The van der Waals surface area contributed by atoms with Crippen LogP contribution in [0.4, 0.5) is 5.69 Å². The molecule has 1 saturated carbocycles. The molecule has 0 bridgehead atoms. The minimum absolute atomic E-state index is 0.0214. The second-order valence-electron chi connectivity index (χ2n) is 6.27. The lowest BCUT2D eigenvalue weighted by Crippen LogP contribution is -2.51. The fourth-order valence-electron chi connectivity index (χ4n) is 3.05. The zero-order valence-corrected chi connectivity index (χ0v) is 13.7. The number of anilines is 1. The van der Waals surface area contributed by atoms with Gasteiger partial charge >= 0.3 is 0 Å². The minimum Gasteiger partial charge on any atom is -0.495 e. The van der Waals surface area contributed by atoms with Gasteiger partial charge in [-0.25, -0.2) is 0 Å². The van der Waals surface area contributed by atoms with Gasteiger partial charge in [-0.3, -0.25) is 4.79 Å². The summed E-state index contributed by atoms with van der Waals surface area (Å²) in [5, 5.41) is 3.42. The lowest BCUT2D eigenvalue weighted by atomic mass is 10.2. The Balaban J connectivity index is 1.96. The first-order valence-electron chi connectivity index (χ1n) is 7.38. The summed E-state index contributed by atoms with van der Waals surface area (Å²) in [6.45, 7) is 0.480. The number of nitrogens with one attached hydrogen (secondary N) is 1. The van der Waals surface area contributed by atoms with Crippen LogP contribution in [0.3, 0.4) is 0 Å². The van der Waals surface area contributed by atoms with Crippen LogP contribution in [0.2, 0.25) is 5.02 Å². The Kier molecular flexibility index (Phi) is 5.12. The molecule has 1 aliphatic rings. The number of likely N-dealkylation sites (N-methyl/N-ethyl adjacent to an activating group) is 1. The third-order valence-electron chi connectivity index (χ3n) is 4.30. The maximum atomic E-state index is 12.2. The van der Waals surface area contributed by atoms with Gasteiger partial charge < -0.3 is 14.5 Å². The first-order chi connectivity index (χ1) is 9.92. The average Bonchev–Trinajstić information content (AvgIpc) is 2.92. The van der Waals surface area contributed by atoms with Crippen LogP contribution < -0.4 is 10.1 Å². The van der Waals surface area contributed by atoms with Crippen molar-refractivity contribution in [1.82, 2.24) is 0 Å². The molecule has 0 saturated heterocycles. The van der Waals surface area contributed by atoms with Crippen LogP contribution in [0.5, 0.6) is 5.75 Å². The summed E-state index contributed by atoms with van der Waals surface area (Å²) >= 11 is 6.07. The van der Waals surface area contributed by atoms with Gasteiger partial charge in [-0.15, -0.1) is 0 Å². The number of methoxy groups -OCH3 is 1. The van der Waals surface area contributed by atoms with Gasteiger partial charge in [0.2, 0.25) is 0 Å². The summed E-state index contributed by atoms with van der Waals surface area (Å²) in [6, 6.07) is 5.87. The smallest absolute Gasteiger partial charge is 0.279 e. The Bertz CT molecular complexity index is 511. The molecule has 116 valence electrons. The first-order valence-corrected chi connectivity index (χ1v) is 7.76. The highest BCUT2D eigenvalue weighted by molar-refractivity contribution is 6.32. The van der Waals surface area contributed by atoms with Gasteiger partial charge in [-0.2, -0.15) is 0 Å². The second-order valence-corrected chi connectivity index (χ2v) is 6.68. The van der Waals surface area contributed by atoms with Crippen molar-refractivity contribution in [2.75, 3.05) is 33.1 Å². The van der Waals surface area contributed by atoms with Gasteiger partial charge in [-0.05, 0) is 43.9 Å². The molecule has 2 rings (SSSR count). The molecule has 1 aromatic rings. The summed E-state index contributed by atoms with van der Waals surface area (Å²) in [5.74, 6) is 0.630. The van der Waals surface area contributed by atoms with Crippen molar-refractivity contribution in [3.05, 3.63) is 23.2 Å². The topological polar surface area (TPSA) is 38.3 Å². The van der Waals surface area contributed by atoms with Crippen LogP contribution in [-0.4, -0.2) is 44.2 Å². The maximum absolute atomic E-state index is 12.2. The van der Waals surface area contributed by atoms with Crippen molar-refractivity contribution in [3.63, 3.8) is 0 Å². The number of halogens is 1. The number of carbonyl (C=O) groups is 1. The highest BCUT2D eigenvalue weighted by atomic mass is 35.5. The Morgan fingerprint density at radius 2 is 2.05 bits per heavy atom. The molecular formula is C16H24ClN2O2+.